The first-order chi connectivity index (χ1) is 13.6. The van der Waals surface area contributed by atoms with Gasteiger partial charge in [0.2, 0.25) is 0 Å². The second kappa shape index (κ2) is 9.99. The molecule has 0 aliphatic heterocycles. The lowest BCUT2D eigenvalue weighted by Crippen LogP contribution is -2.13. The van der Waals surface area contributed by atoms with Crippen LogP contribution in [0.4, 0.5) is 13.2 Å². The highest BCUT2D eigenvalue weighted by molar-refractivity contribution is 5.30. The molecule has 0 spiro atoms. The van der Waals surface area contributed by atoms with Gasteiger partial charge >= 0.3 is 0 Å². The molecule has 1 aliphatic rings. The van der Waals surface area contributed by atoms with Crippen molar-refractivity contribution in [2.45, 2.75) is 70.8 Å². The van der Waals surface area contributed by atoms with E-state index in [1.54, 1.807) is 0 Å². The summed E-state index contributed by atoms with van der Waals surface area (Å²) in [6.45, 7) is 2.12. The first kappa shape index (κ1) is 20.8. The van der Waals surface area contributed by atoms with Gasteiger partial charge in [0.15, 0.2) is 11.6 Å². The molecule has 0 atom stereocenters. The van der Waals surface area contributed by atoms with Gasteiger partial charge in [0.1, 0.15) is 18.2 Å². The van der Waals surface area contributed by atoms with Crippen LogP contribution in [-0.2, 0) is 6.61 Å². The number of unbranched alkanes of at least 4 members (excludes halogenated alkanes) is 2. The quantitative estimate of drug-likeness (QED) is 0.334. The van der Waals surface area contributed by atoms with Crippen molar-refractivity contribution in [2.75, 3.05) is 0 Å². The van der Waals surface area contributed by atoms with E-state index in [4.69, 9.17) is 4.74 Å². The average Bonchev–Trinajstić information content (AvgIpc) is 2.71. The molecule has 1 saturated carbocycles. The summed E-state index contributed by atoms with van der Waals surface area (Å²) in [4.78, 5) is 0. The minimum Gasteiger partial charge on any atom is -0.489 e. The predicted molar refractivity (Wildman–Crippen MR) is 106 cm³/mol. The molecule has 0 N–H and O–H groups in total. The Morgan fingerprint density at radius 2 is 1.54 bits per heavy atom. The first-order valence-corrected chi connectivity index (χ1v) is 10.4. The summed E-state index contributed by atoms with van der Waals surface area (Å²) in [5, 5.41) is 0. The largest absolute Gasteiger partial charge is 0.489 e. The molecule has 28 heavy (non-hydrogen) atoms. The number of ether oxygens (including phenoxy) is 1. The van der Waals surface area contributed by atoms with E-state index >= 15 is 0 Å². The van der Waals surface area contributed by atoms with Gasteiger partial charge in [0, 0.05) is 11.6 Å². The number of benzene rings is 2. The lowest BCUT2D eigenvalue weighted by atomic mass is 9.77. The van der Waals surface area contributed by atoms with Gasteiger partial charge in [-0.1, -0.05) is 44.7 Å². The van der Waals surface area contributed by atoms with Crippen LogP contribution in [0.25, 0.3) is 0 Å². The zero-order chi connectivity index (χ0) is 19.9. The van der Waals surface area contributed by atoms with Crippen molar-refractivity contribution in [1.82, 2.24) is 0 Å². The molecule has 0 radical (unpaired) electrons. The smallest absolute Gasteiger partial charge is 0.161 e. The van der Waals surface area contributed by atoms with Gasteiger partial charge < -0.3 is 4.74 Å². The van der Waals surface area contributed by atoms with E-state index in [1.165, 1.54) is 56.9 Å². The van der Waals surface area contributed by atoms with Crippen LogP contribution < -0.4 is 4.74 Å². The number of halogens is 3. The van der Waals surface area contributed by atoms with Crippen LogP contribution in [0.2, 0.25) is 0 Å². The summed E-state index contributed by atoms with van der Waals surface area (Å²) >= 11 is 0. The van der Waals surface area contributed by atoms with Gasteiger partial charge in [0.05, 0.1) is 0 Å². The molecule has 0 aromatic heterocycles. The molecule has 1 fully saturated rings. The van der Waals surface area contributed by atoms with Crippen molar-refractivity contribution in [2.24, 2.45) is 5.92 Å². The maximum absolute atomic E-state index is 13.7. The minimum atomic E-state index is -1.19. The van der Waals surface area contributed by atoms with Crippen molar-refractivity contribution < 1.29 is 17.9 Å². The monoisotopic (exact) mass is 390 g/mol. The van der Waals surface area contributed by atoms with Gasteiger partial charge in [0.25, 0.3) is 0 Å². The SMILES string of the molecule is CCCCC[C@H]1CC[C@H](c2ccc(OCc3cc(F)c(F)cc3F)cc2)CC1. The van der Waals surface area contributed by atoms with Crippen molar-refractivity contribution in [3.63, 3.8) is 0 Å². The van der Waals surface area contributed by atoms with Crippen molar-refractivity contribution >= 4 is 0 Å². The Hall–Kier alpha value is -1.97. The number of hydrogen-bond acceptors (Lipinski definition) is 1. The molecule has 2 aromatic carbocycles. The molecule has 152 valence electrons. The molecule has 3 rings (SSSR count). The van der Waals surface area contributed by atoms with E-state index in [0.29, 0.717) is 17.7 Å². The molecule has 1 nitrogen and oxygen atoms in total. The first-order valence-electron chi connectivity index (χ1n) is 10.4. The maximum Gasteiger partial charge on any atom is 0.161 e. The predicted octanol–water partition coefficient (Wildman–Crippen LogP) is 7.54. The maximum atomic E-state index is 13.7. The summed E-state index contributed by atoms with van der Waals surface area (Å²) < 4.78 is 45.5. The van der Waals surface area contributed by atoms with Crippen LogP contribution in [0.3, 0.4) is 0 Å². The van der Waals surface area contributed by atoms with E-state index in [-0.39, 0.29) is 12.2 Å². The number of hydrogen-bond donors (Lipinski definition) is 0. The van der Waals surface area contributed by atoms with E-state index in [2.05, 4.69) is 19.1 Å². The molecular weight excluding hydrogens is 361 g/mol. The molecule has 0 heterocycles. The van der Waals surface area contributed by atoms with Crippen LogP contribution in [0.15, 0.2) is 36.4 Å². The molecule has 2 aromatic rings. The topological polar surface area (TPSA) is 9.23 Å². The Labute approximate surface area is 165 Å². The Morgan fingerprint density at radius 3 is 2.21 bits per heavy atom. The van der Waals surface area contributed by atoms with Crippen LogP contribution in [0.5, 0.6) is 5.75 Å². The van der Waals surface area contributed by atoms with Crippen LogP contribution in [0, 0.1) is 23.4 Å². The third-order valence-corrected chi connectivity index (χ3v) is 5.90. The summed E-state index contributed by atoms with van der Waals surface area (Å²) in [5.41, 5.74) is 1.32. The molecule has 0 bridgehead atoms. The van der Waals surface area contributed by atoms with Gasteiger partial charge in [-0.2, -0.15) is 0 Å². The normalized spacial score (nSPS) is 19.6. The zero-order valence-electron chi connectivity index (χ0n) is 16.5. The highest BCUT2D eigenvalue weighted by Gasteiger charge is 2.22. The Balaban J connectivity index is 1.50. The molecular formula is C24H29F3O. The van der Waals surface area contributed by atoms with Gasteiger partial charge in [-0.3, -0.25) is 0 Å². The number of rotatable bonds is 8. The highest BCUT2D eigenvalue weighted by atomic mass is 19.2. The van der Waals surface area contributed by atoms with Crippen LogP contribution in [0.1, 0.15) is 75.3 Å². The summed E-state index contributed by atoms with van der Waals surface area (Å²) in [6.07, 6.45) is 10.4. The summed E-state index contributed by atoms with van der Waals surface area (Å²) in [5.74, 6) is -0.977. The molecule has 0 amide bonds. The van der Waals surface area contributed by atoms with E-state index < -0.39 is 17.5 Å². The summed E-state index contributed by atoms with van der Waals surface area (Å²) in [6, 6.07) is 9.28. The van der Waals surface area contributed by atoms with E-state index in [1.807, 2.05) is 12.1 Å². The van der Waals surface area contributed by atoms with Crippen molar-refractivity contribution in [3.05, 3.63) is 65.0 Å². The highest BCUT2D eigenvalue weighted by Crippen LogP contribution is 2.38. The fourth-order valence-electron chi connectivity index (χ4n) is 4.14. The Morgan fingerprint density at radius 1 is 0.857 bits per heavy atom. The van der Waals surface area contributed by atoms with E-state index in [0.717, 1.165) is 12.0 Å². The van der Waals surface area contributed by atoms with Crippen molar-refractivity contribution in [3.8, 4) is 5.75 Å². The fraction of sp³-hybridized carbons (Fsp3) is 0.500. The van der Waals surface area contributed by atoms with Gasteiger partial charge in [-0.05, 0) is 61.3 Å². The fourth-order valence-corrected chi connectivity index (χ4v) is 4.14. The third-order valence-electron chi connectivity index (χ3n) is 5.90. The van der Waals surface area contributed by atoms with Gasteiger partial charge in [-0.15, -0.1) is 0 Å². The molecule has 1 aliphatic carbocycles. The summed E-state index contributed by atoms with van der Waals surface area (Å²) in [7, 11) is 0. The second-order valence-electron chi connectivity index (χ2n) is 7.93. The standard InChI is InChI=1S/C24H29F3O/c1-2-3-4-5-17-6-8-18(9-7-17)19-10-12-21(13-11-19)28-16-20-14-23(26)24(27)15-22(20)25/h10-15,17-18H,2-9,16H2,1H3/t17-,18-. The lowest BCUT2D eigenvalue weighted by molar-refractivity contribution is 0.295. The second-order valence-corrected chi connectivity index (χ2v) is 7.93. The van der Waals surface area contributed by atoms with Crippen LogP contribution >= 0.6 is 0 Å². The minimum absolute atomic E-state index is 0.00405. The van der Waals surface area contributed by atoms with Crippen LogP contribution in [-0.4, -0.2) is 0 Å². The average molecular weight is 390 g/mol. The lowest BCUT2D eigenvalue weighted by Gasteiger charge is -2.29. The third kappa shape index (κ3) is 5.52. The Kier molecular flexibility index (Phi) is 7.41. The van der Waals surface area contributed by atoms with Crippen molar-refractivity contribution in [1.29, 1.82) is 0 Å². The zero-order valence-corrected chi connectivity index (χ0v) is 16.5. The molecule has 0 unspecified atom stereocenters. The Bertz CT molecular complexity index is 749. The molecule has 4 heteroatoms. The molecule has 0 saturated heterocycles. The van der Waals surface area contributed by atoms with E-state index in [9.17, 15) is 13.2 Å². The van der Waals surface area contributed by atoms with Gasteiger partial charge in [-0.25, -0.2) is 13.2 Å².